The maximum Gasteiger partial charge on any atom is 0.317 e. The summed E-state index contributed by atoms with van der Waals surface area (Å²) in [5.74, 6) is 1.28. The van der Waals surface area contributed by atoms with Crippen LogP contribution in [0.5, 0.6) is 0 Å². The number of carbonyl (C=O) groups is 1. The lowest BCUT2D eigenvalue weighted by molar-refractivity contribution is 0.171. The van der Waals surface area contributed by atoms with E-state index in [0.717, 1.165) is 12.3 Å². The van der Waals surface area contributed by atoms with E-state index in [1.165, 1.54) is 36.3 Å². The van der Waals surface area contributed by atoms with E-state index in [9.17, 15) is 13.2 Å². The van der Waals surface area contributed by atoms with E-state index in [4.69, 9.17) is 4.52 Å². The number of urea groups is 1. The molecule has 9 heteroatoms. The zero-order chi connectivity index (χ0) is 18.1. The van der Waals surface area contributed by atoms with Crippen molar-refractivity contribution in [2.75, 3.05) is 26.2 Å². The lowest BCUT2D eigenvalue weighted by Gasteiger charge is -2.34. The Bertz CT molecular complexity index is 722. The fourth-order valence-electron chi connectivity index (χ4n) is 4.30. The summed E-state index contributed by atoms with van der Waals surface area (Å²) in [6.45, 7) is 1.49. The third-order valence-electron chi connectivity index (χ3n) is 5.89. The monoisotopic (exact) mass is 382 g/mol. The van der Waals surface area contributed by atoms with Gasteiger partial charge in [0.2, 0.25) is 10.0 Å². The van der Waals surface area contributed by atoms with Gasteiger partial charge in [-0.15, -0.1) is 0 Å². The van der Waals surface area contributed by atoms with Crippen molar-refractivity contribution in [2.45, 2.75) is 43.9 Å². The zero-order valence-electron chi connectivity index (χ0n) is 14.8. The molecule has 0 aromatic carbocycles. The van der Waals surface area contributed by atoms with Gasteiger partial charge in [0.05, 0.1) is 5.69 Å². The van der Waals surface area contributed by atoms with Gasteiger partial charge in [0.15, 0.2) is 0 Å². The minimum Gasteiger partial charge on any atom is -0.364 e. The topological polar surface area (TPSA) is 95.8 Å². The molecule has 144 valence electrons. The lowest BCUT2D eigenvalue weighted by atomic mass is 10.0. The van der Waals surface area contributed by atoms with Gasteiger partial charge < -0.3 is 14.7 Å². The first kappa shape index (κ1) is 17.8. The fraction of sp³-hybridized carbons (Fsp3) is 0.765. The highest BCUT2D eigenvalue weighted by atomic mass is 32.2. The Morgan fingerprint density at radius 3 is 2.62 bits per heavy atom. The summed E-state index contributed by atoms with van der Waals surface area (Å²) in [5.41, 5.74) is 0.400. The molecule has 2 amide bonds. The Morgan fingerprint density at radius 1 is 1.23 bits per heavy atom. The average Bonchev–Trinajstić information content (AvgIpc) is 3.05. The molecular weight excluding hydrogens is 356 g/mol. The van der Waals surface area contributed by atoms with E-state index < -0.39 is 10.0 Å². The number of hydrogen-bond acceptors (Lipinski definition) is 5. The van der Waals surface area contributed by atoms with Gasteiger partial charge in [-0.1, -0.05) is 30.8 Å². The molecule has 26 heavy (non-hydrogen) atoms. The normalized spacial score (nSPS) is 27.6. The van der Waals surface area contributed by atoms with Crippen molar-refractivity contribution in [1.29, 1.82) is 0 Å². The van der Waals surface area contributed by atoms with Gasteiger partial charge in [0.25, 0.3) is 0 Å². The largest absolute Gasteiger partial charge is 0.364 e. The molecule has 8 nitrogen and oxygen atoms in total. The standard InChI is InChI=1S/C17H26N4O4S/c22-17(18-16-11-15(16)13-3-1-2-4-13)20-6-8-21(9-7-20)26(23,24)12-14-5-10-25-19-14/h5,10,13,15-16H,1-4,6-9,11-12H2,(H,18,22). The van der Waals surface area contributed by atoms with Crippen LogP contribution in [-0.2, 0) is 15.8 Å². The summed E-state index contributed by atoms with van der Waals surface area (Å²) in [4.78, 5) is 14.2. The number of aromatic nitrogens is 1. The first-order valence-corrected chi connectivity index (χ1v) is 11.1. The van der Waals surface area contributed by atoms with Crippen molar-refractivity contribution in [1.82, 2.24) is 19.7 Å². The Balaban J connectivity index is 1.24. The molecule has 3 aliphatic rings. The number of piperazine rings is 1. The van der Waals surface area contributed by atoms with Crippen LogP contribution < -0.4 is 5.32 Å². The molecule has 1 saturated heterocycles. The first-order valence-electron chi connectivity index (χ1n) is 9.45. The number of amides is 2. The molecule has 2 atom stereocenters. The quantitative estimate of drug-likeness (QED) is 0.831. The predicted molar refractivity (Wildman–Crippen MR) is 94.7 cm³/mol. The van der Waals surface area contributed by atoms with E-state index in [-0.39, 0.29) is 11.8 Å². The first-order chi connectivity index (χ1) is 12.5. The smallest absolute Gasteiger partial charge is 0.317 e. The molecule has 2 unspecified atom stereocenters. The molecule has 2 aliphatic carbocycles. The number of rotatable bonds is 5. The molecule has 1 aromatic heterocycles. The van der Waals surface area contributed by atoms with Gasteiger partial charge in [0, 0.05) is 38.3 Å². The van der Waals surface area contributed by atoms with Gasteiger partial charge in [-0.3, -0.25) is 0 Å². The van der Waals surface area contributed by atoms with Gasteiger partial charge in [-0.25, -0.2) is 13.2 Å². The second-order valence-corrected chi connectivity index (χ2v) is 9.60. The maximum atomic E-state index is 12.4. The van der Waals surface area contributed by atoms with E-state index in [0.29, 0.717) is 43.8 Å². The molecule has 0 bridgehead atoms. The summed E-state index contributed by atoms with van der Waals surface area (Å²) in [6.07, 6.45) is 7.73. The highest BCUT2D eigenvalue weighted by Gasteiger charge is 2.45. The third kappa shape index (κ3) is 3.88. The Labute approximate surface area is 153 Å². The predicted octanol–water partition coefficient (Wildman–Crippen LogP) is 1.41. The summed E-state index contributed by atoms with van der Waals surface area (Å²) in [5, 5.41) is 6.80. The molecule has 0 spiro atoms. The molecular formula is C17H26N4O4S. The van der Waals surface area contributed by atoms with E-state index in [2.05, 4.69) is 10.5 Å². The van der Waals surface area contributed by atoms with Gasteiger partial charge in [-0.2, -0.15) is 4.31 Å². The highest BCUT2D eigenvalue weighted by molar-refractivity contribution is 7.88. The summed E-state index contributed by atoms with van der Waals surface area (Å²) >= 11 is 0. The van der Waals surface area contributed by atoms with Crippen LogP contribution in [0, 0.1) is 11.8 Å². The molecule has 0 radical (unpaired) electrons. The van der Waals surface area contributed by atoms with Crippen LogP contribution in [-0.4, -0.2) is 61.0 Å². The number of nitrogens with one attached hydrogen (secondary N) is 1. The van der Waals surface area contributed by atoms with Crippen molar-refractivity contribution < 1.29 is 17.7 Å². The number of carbonyl (C=O) groups excluding carboxylic acids is 1. The van der Waals surface area contributed by atoms with Crippen LogP contribution in [0.4, 0.5) is 4.79 Å². The number of sulfonamides is 1. The van der Waals surface area contributed by atoms with Crippen molar-refractivity contribution >= 4 is 16.1 Å². The van der Waals surface area contributed by atoms with Crippen molar-refractivity contribution in [3.8, 4) is 0 Å². The summed E-state index contributed by atoms with van der Waals surface area (Å²) in [6, 6.07) is 1.82. The number of hydrogen-bond donors (Lipinski definition) is 1. The van der Waals surface area contributed by atoms with Crippen LogP contribution in [0.25, 0.3) is 0 Å². The molecule has 4 rings (SSSR count). The molecule has 1 N–H and O–H groups in total. The molecule has 2 heterocycles. The number of nitrogens with zero attached hydrogens (tertiary/aromatic N) is 3. The minimum atomic E-state index is -3.43. The molecule has 2 saturated carbocycles. The van der Waals surface area contributed by atoms with Gasteiger partial charge >= 0.3 is 6.03 Å². The highest BCUT2D eigenvalue weighted by Crippen LogP contribution is 2.45. The lowest BCUT2D eigenvalue weighted by Crippen LogP contribution is -2.53. The van der Waals surface area contributed by atoms with Crippen LogP contribution in [0.15, 0.2) is 16.9 Å². The molecule has 1 aliphatic heterocycles. The van der Waals surface area contributed by atoms with Gasteiger partial charge in [0.1, 0.15) is 12.0 Å². The summed E-state index contributed by atoms with van der Waals surface area (Å²) in [7, 11) is -3.43. The second kappa shape index (κ2) is 7.19. The Kier molecular flexibility index (Phi) is 4.92. The van der Waals surface area contributed by atoms with E-state index in [1.807, 2.05) is 0 Å². The summed E-state index contributed by atoms with van der Waals surface area (Å²) < 4.78 is 31.0. The average molecular weight is 382 g/mol. The van der Waals surface area contributed by atoms with E-state index in [1.54, 1.807) is 11.0 Å². The van der Waals surface area contributed by atoms with Crippen LogP contribution in [0.2, 0.25) is 0 Å². The SMILES string of the molecule is O=C(NC1CC1C1CCCC1)N1CCN(S(=O)(=O)Cc2ccon2)CC1. The van der Waals surface area contributed by atoms with Crippen molar-refractivity contribution in [3.05, 3.63) is 18.0 Å². The minimum absolute atomic E-state index is 0.0518. The maximum absolute atomic E-state index is 12.4. The third-order valence-corrected chi connectivity index (χ3v) is 7.71. The van der Waals surface area contributed by atoms with Crippen molar-refractivity contribution in [2.24, 2.45) is 11.8 Å². The van der Waals surface area contributed by atoms with Gasteiger partial charge in [-0.05, 0) is 18.3 Å². The van der Waals surface area contributed by atoms with Crippen LogP contribution >= 0.6 is 0 Å². The van der Waals surface area contributed by atoms with Crippen LogP contribution in [0.1, 0.15) is 37.8 Å². The Hall–Kier alpha value is -1.61. The Morgan fingerprint density at radius 2 is 1.96 bits per heavy atom. The second-order valence-electron chi connectivity index (χ2n) is 7.63. The molecule has 3 fully saturated rings. The van der Waals surface area contributed by atoms with Crippen molar-refractivity contribution in [3.63, 3.8) is 0 Å². The van der Waals surface area contributed by atoms with E-state index >= 15 is 0 Å². The fourth-order valence-corrected chi connectivity index (χ4v) is 5.72. The van der Waals surface area contributed by atoms with Crippen LogP contribution in [0.3, 0.4) is 0 Å². The molecule has 1 aromatic rings. The zero-order valence-corrected chi connectivity index (χ0v) is 15.7.